The Labute approximate surface area is 220 Å². The Kier molecular flexibility index (Phi) is 8.60. The van der Waals surface area contributed by atoms with Crippen LogP contribution in [0.4, 0.5) is 31.9 Å². The molecule has 1 aromatic carbocycles. The fraction of sp³-hybridized carbons (Fsp3) is 0.538. The van der Waals surface area contributed by atoms with E-state index in [1.165, 1.54) is 58.4 Å². The van der Waals surface area contributed by atoms with Crippen LogP contribution in [0.5, 0.6) is 5.75 Å². The minimum atomic E-state index is -3.55. The Morgan fingerprint density at radius 1 is 1.18 bits per heavy atom. The highest BCUT2D eigenvalue weighted by molar-refractivity contribution is 6.02. The Hall–Kier alpha value is -3.54. The molecule has 3 aliphatic rings. The Bertz CT molecular complexity index is 1150. The van der Waals surface area contributed by atoms with Crippen LogP contribution in [0.3, 0.4) is 0 Å². The van der Waals surface area contributed by atoms with Crippen molar-refractivity contribution >= 4 is 35.0 Å². The number of aromatic nitrogens is 2. The summed E-state index contributed by atoms with van der Waals surface area (Å²) in [4.78, 5) is 35.1. The van der Waals surface area contributed by atoms with Crippen molar-refractivity contribution in [3.05, 3.63) is 30.0 Å². The standard InChI is InChI=1S/C22H26F2N6O3.C4H9N/c1-29-16-11-26-21(27-15-9-8-13(18(25)31)10-17(15)33-2)28-19(16)30(12-22(23,24)20(29)32)14-6-4-3-5-7-14;1-2-4-5-3-1/h8-11,14H,3-7,12H2,1-2H3,(H2,25,31)(H,26,27,28);5H,1-4H2. The number of rotatable bonds is 5. The molecule has 2 fully saturated rings. The summed E-state index contributed by atoms with van der Waals surface area (Å²) in [5.41, 5.74) is 6.29. The largest absolute Gasteiger partial charge is 0.495 e. The number of halogens is 2. The first kappa shape index (κ1) is 27.5. The molecule has 1 saturated carbocycles. The third-order valence-electron chi connectivity index (χ3n) is 7.07. The average Bonchev–Trinajstić information content (AvgIpc) is 3.50. The average molecular weight is 532 g/mol. The van der Waals surface area contributed by atoms with Gasteiger partial charge in [-0.2, -0.15) is 13.8 Å². The molecule has 0 spiro atoms. The Morgan fingerprint density at radius 3 is 2.50 bits per heavy atom. The molecule has 3 heterocycles. The molecule has 12 heteroatoms. The molecule has 1 saturated heterocycles. The van der Waals surface area contributed by atoms with Crippen LogP contribution in [0.2, 0.25) is 0 Å². The van der Waals surface area contributed by atoms with Gasteiger partial charge < -0.3 is 30.9 Å². The highest BCUT2D eigenvalue weighted by Crippen LogP contribution is 2.39. The fourth-order valence-corrected chi connectivity index (χ4v) is 4.97. The molecule has 2 aromatic rings. The molecular formula is C26H35F2N7O3. The van der Waals surface area contributed by atoms with Gasteiger partial charge >= 0.3 is 5.92 Å². The number of hydrogen-bond acceptors (Lipinski definition) is 8. The lowest BCUT2D eigenvalue weighted by Gasteiger charge is -2.35. The molecule has 206 valence electrons. The van der Waals surface area contributed by atoms with Crippen LogP contribution in [-0.2, 0) is 4.79 Å². The summed E-state index contributed by atoms with van der Waals surface area (Å²) in [6, 6.07) is 4.46. The van der Waals surface area contributed by atoms with E-state index < -0.39 is 24.3 Å². The zero-order chi connectivity index (χ0) is 27.3. The topological polar surface area (TPSA) is 126 Å². The second-order valence-electron chi connectivity index (χ2n) is 9.75. The quantitative estimate of drug-likeness (QED) is 0.536. The third kappa shape index (κ3) is 6.12. The summed E-state index contributed by atoms with van der Waals surface area (Å²) >= 11 is 0. The Balaban J connectivity index is 0.000000603. The molecule has 1 aromatic heterocycles. The van der Waals surface area contributed by atoms with Crippen LogP contribution in [-0.4, -0.2) is 67.5 Å². The number of ether oxygens (including phenoxy) is 1. The number of amides is 2. The zero-order valence-electron chi connectivity index (χ0n) is 21.8. The first-order valence-electron chi connectivity index (χ1n) is 13.0. The zero-order valence-corrected chi connectivity index (χ0v) is 21.8. The van der Waals surface area contributed by atoms with Crippen molar-refractivity contribution in [3.8, 4) is 5.75 Å². The second kappa shape index (κ2) is 11.9. The maximum Gasteiger partial charge on any atom is 0.342 e. The number of hydrogen-bond donors (Lipinski definition) is 3. The number of alkyl halides is 2. The second-order valence-corrected chi connectivity index (χ2v) is 9.75. The molecule has 5 rings (SSSR count). The highest BCUT2D eigenvalue weighted by atomic mass is 19.3. The summed E-state index contributed by atoms with van der Waals surface area (Å²) < 4.78 is 34.9. The number of methoxy groups -OCH3 is 1. The van der Waals surface area contributed by atoms with E-state index >= 15 is 0 Å². The first-order valence-corrected chi connectivity index (χ1v) is 13.0. The van der Waals surface area contributed by atoms with Gasteiger partial charge in [0.15, 0.2) is 5.82 Å². The van der Waals surface area contributed by atoms with Gasteiger partial charge in [-0.15, -0.1) is 0 Å². The van der Waals surface area contributed by atoms with Crippen LogP contribution < -0.4 is 30.9 Å². The molecule has 0 bridgehead atoms. The van der Waals surface area contributed by atoms with Gasteiger partial charge in [0.2, 0.25) is 11.9 Å². The van der Waals surface area contributed by atoms with Crippen LogP contribution in [0, 0.1) is 0 Å². The smallest absolute Gasteiger partial charge is 0.342 e. The summed E-state index contributed by atoms with van der Waals surface area (Å²) in [6.45, 7) is 1.76. The van der Waals surface area contributed by atoms with Gasteiger partial charge in [0, 0.05) is 18.7 Å². The number of carbonyl (C=O) groups is 2. The van der Waals surface area contributed by atoms with Crippen LogP contribution in [0.15, 0.2) is 24.4 Å². The van der Waals surface area contributed by atoms with Gasteiger partial charge in [0.25, 0.3) is 5.91 Å². The van der Waals surface area contributed by atoms with E-state index in [2.05, 4.69) is 20.6 Å². The number of nitrogens with zero attached hydrogens (tertiary/aromatic N) is 4. The minimum absolute atomic E-state index is 0.144. The molecule has 10 nitrogen and oxygen atoms in total. The molecule has 4 N–H and O–H groups in total. The van der Waals surface area contributed by atoms with Gasteiger partial charge in [-0.05, 0) is 57.0 Å². The molecule has 2 amide bonds. The Morgan fingerprint density at radius 2 is 1.89 bits per heavy atom. The number of benzene rings is 1. The van der Waals surface area contributed by atoms with Crippen LogP contribution >= 0.6 is 0 Å². The van der Waals surface area contributed by atoms with E-state index in [1.807, 2.05) is 0 Å². The number of nitrogens with two attached hydrogens (primary N) is 1. The van der Waals surface area contributed by atoms with E-state index in [9.17, 15) is 18.4 Å². The molecule has 38 heavy (non-hydrogen) atoms. The number of anilines is 4. The van der Waals surface area contributed by atoms with E-state index in [4.69, 9.17) is 10.5 Å². The van der Waals surface area contributed by atoms with Crippen LogP contribution in [0.25, 0.3) is 0 Å². The maximum atomic E-state index is 14.8. The third-order valence-corrected chi connectivity index (χ3v) is 7.07. The lowest BCUT2D eigenvalue weighted by molar-refractivity contribution is -0.140. The molecule has 0 radical (unpaired) electrons. The summed E-state index contributed by atoms with van der Waals surface area (Å²) in [7, 11) is 2.75. The highest BCUT2D eigenvalue weighted by Gasteiger charge is 2.48. The fourth-order valence-electron chi connectivity index (χ4n) is 4.97. The van der Waals surface area contributed by atoms with Crippen molar-refractivity contribution in [2.75, 3.05) is 48.9 Å². The summed E-state index contributed by atoms with van der Waals surface area (Å²) in [5.74, 6) is -4.67. The van der Waals surface area contributed by atoms with Gasteiger partial charge in [-0.1, -0.05) is 19.3 Å². The number of nitrogens with one attached hydrogen (secondary N) is 2. The van der Waals surface area contributed by atoms with Gasteiger partial charge in [0.05, 0.1) is 25.5 Å². The van der Waals surface area contributed by atoms with Crippen molar-refractivity contribution in [3.63, 3.8) is 0 Å². The molecule has 0 unspecified atom stereocenters. The number of carbonyl (C=O) groups excluding carboxylic acids is 2. The first-order chi connectivity index (χ1) is 18.2. The predicted octanol–water partition coefficient (Wildman–Crippen LogP) is 3.45. The lowest BCUT2D eigenvalue weighted by Crippen LogP contribution is -2.49. The maximum absolute atomic E-state index is 14.8. The molecular weight excluding hydrogens is 496 g/mol. The normalized spacial score (nSPS) is 19.2. The van der Waals surface area contributed by atoms with Crippen molar-refractivity contribution in [1.29, 1.82) is 0 Å². The van der Waals surface area contributed by atoms with Crippen molar-refractivity contribution in [2.45, 2.75) is 56.9 Å². The molecule has 2 aliphatic heterocycles. The molecule has 0 atom stereocenters. The predicted molar refractivity (Wildman–Crippen MR) is 142 cm³/mol. The van der Waals surface area contributed by atoms with Gasteiger partial charge in [-0.25, -0.2) is 4.98 Å². The SMILES string of the molecule is C1CCNC1.COc1cc(C(N)=O)ccc1Nc1ncc2c(n1)N(C1CCCCC1)CC(F)(F)C(=O)N2C. The van der Waals surface area contributed by atoms with E-state index in [-0.39, 0.29) is 29.1 Å². The van der Waals surface area contributed by atoms with E-state index in [0.717, 1.165) is 37.0 Å². The number of fused-ring (bicyclic) bond motifs is 1. The minimum Gasteiger partial charge on any atom is -0.495 e. The van der Waals surface area contributed by atoms with Gasteiger partial charge in [-0.3, -0.25) is 9.59 Å². The number of primary amides is 1. The van der Waals surface area contributed by atoms with Gasteiger partial charge in [0.1, 0.15) is 11.4 Å². The van der Waals surface area contributed by atoms with Crippen molar-refractivity contribution in [2.24, 2.45) is 5.73 Å². The van der Waals surface area contributed by atoms with Crippen molar-refractivity contribution in [1.82, 2.24) is 15.3 Å². The monoisotopic (exact) mass is 531 g/mol. The van der Waals surface area contributed by atoms with E-state index in [1.54, 1.807) is 11.0 Å². The summed E-state index contributed by atoms with van der Waals surface area (Å²) in [5, 5.41) is 6.24. The lowest BCUT2D eigenvalue weighted by atomic mass is 9.94. The molecule has 1 aliphatic carbocycles. The van der Waals surface area contributed by atoms with Crippen LogP contribution in [0.1, 0.15) is 55.3 Å². The van der Waals surface area contributed by atoms with E-state index in [0.29, 0.717) is 11.4 Å². The summed E-state index contributed by atoms with van der Waals surface area (Å²) in [6.07, 6.45) is 8.58. The van der Waals surface area contributed by atoms with Crippen molar-refractivity contribution < 1.29 is 23.1 Å².